The van der Waals surface area contributed by atoms with E-state index in [0.29, 0.717) is 6.42 Å². The smallest absolute Gasteiger partial charge is 0.330 e. The minimum Gasteiger partial charge on any atom is -0.383 e. The zero-order valence-electron chi connectivity index (χ0n) is 19.1. The highest BCUT2D eigenvalue weighted by Crippen LogP contribution is 2.22. The van der Waals surface area contributed by atoms with Crippen molar-refractivity contribution in [2.45, 2.75) is 45.1 Å². The number of hydrogen-bond acceptors (Lipinski definition) is 6. The minimum atomic E-state index is -3.76. The minimum absolute atomic E-state index is 0.0459. The molecule has 0 radical (unpaired) electrons. The van der Waals surface area contributed by atoms with Crippen LogP contribution in [0.4, 0.5) is 11.5 Å². The Bertz CT molecular complexity index is 1200. The van der Waals surface area contributed by atoms with Gasteiger partial charge in [-0.1, -0.05) is 33.3 Å². The Labute approximate surface area is 187 Å². The van der Waals surface area contributed by atoms with Gasteiger partial charge < -0.3 is 10.6 Å². The first-order chi connectivity index (χ1) is 14.9. The molecule has 0 saturated heterocycles. The first kappa shape index (κ1) is 25.3. The highest BCUT2D eigenvalue weighted by molar-refractivity contribution is 7.89. The molecular formula is C21H31N5O5S. The molecule has 0 saturated carbocycles. The first-order valence-electron chi connectivity index (χ1n) is 10.4. The summed E-state index contributed by atoms with van der Waals surface area (Å²) in [6, 6.07) is 5.61. The van der Waals surface area contributed by atoms with Gasteiger partial charge >= 0.3 is 5.69 Å². The molecule has 0 fully saturated rings. The monoisotopic (exact) mass is 465 g/mol. The van der Waals surface area contributed by atoms with Gasteiger partial charge in [0, 0.05) is 32.7 Å². The second-order valence-electron chi connectivity index (χ2n) is 8.12. The van der Waals surface area contributed by atoms with Gasteiger partial charge in [0.15, 0.2) is 5.69 Å². The fourth-order valence-electron chi connectivity index (χ4n) is 3.17. The number of unbranched alkanes of at least 4 members (excludes halogenated alkanes) is 1. The summed E-state index contributed by atoms with van der Waals surface area (Å²) in [4.78, 5) is 41.9. The lowest BCUT2D eigenvalue weighted by Gasteiger charge is -2.25. The lowest BCUT2D eigenvalue weighted by atomic mass is 10.1. The van der Waals surface area contributed by atoms with Crippen molar-refractivity contribution in [3.63, 3.8) is 0 Å². The summed E-state index contributed by atoms with van der Waals surface area (Å²) in [5.74, 6) is -0.614. The number of aromatic nitrogens is 2. The van der Waals surface area contributed by atoms with Gasteiger partial charge in [-0.05, 0) is 30.5 Å². The van der Waals surface area contributed by atoms with Crippen molar-refractivity contribution in [1.29, 1.82) is 0 Å². The van der Waals surface area contributed by atoms with E-state index in [0.717, 1.165) is 10.7 Å². The van der Waals surface area contributed by atoms with Gasteiger partial charge in [0.05, 0.1) is 4.90 Å². The number of sulfonamides is 1. The molecule has 10 nitrogen and oxygen atoms in total. The summed E-state index contributed by atoms with van der Waals surface area (Å²) in [6.07, 6.45) is 1.31. The van der Waals surface area contributed by atoms with Crippen molar-refractivity contribution in [2.75, 3.05) is 31.3 Å². The molecule has 1 heterocycles. The van der Waals surface area contributed by atoms with Crippen LogP contribution in [-0.4, -0.2) is 48.8 Å². The van der Waals surface area contributed by atoms with Crippen LogP contribution >= 0.6 is 0 Å². The molecule has 0 spiro atoms. The molecule has 11 heteroatoms. The molecule has 0 aliphatic carbocycles. The number of aromatic amines is 1. The van der Waals surface area contributed by atoms with Crippen molar-refractivity contribution in [3.8, 4) is 0 Å². The van der Waals surface area contributed by atoms with Crippen LogP contribution in [0.2, 0.25) is 0 Å². The van der Waals surface area contributed by atoms with Gasteiger partial charge in [0.2, 0.25) is 10.0 Å². The average Bonchev–Trinajstić information content (AvgIpc) is 2.72. The van der Waals surface area contributed by atoms with Crippen molar-refractivity contribution >= 4 is 27.4 Å². The molecule has 1 aromatic heterocycles. The van der Waals surface area contributed by atoms with Gasteiger partial charge in [-0.3, -0.25) is 19.1 Å². The number of carbonyl (C=O) groups is 1. The standard InChI is InChI=1S/C21H31N5O5S/c1-6-7-11-25(17-18(22)26(13-14(2)3)21(29)23-19(17)27)20(28)15-9-8-10-16(12-15)32(30,31)24(4)5/h8-10,12,14H,6-7,11,13,22H2,1-5H3,(H,23,27,29). The van der Waals surface area contributed by atoms with E-state index < -0.39 is 27.2 Å². The summed E-state index contributed by atoms with van der Waals surface area (Å²) in [5.41, 5.74) is 4.76. The predicted molar refractivity (Wildman–Crippen MR) is 124 cm³/mol. The van der Waals surface area contributed by atoms with Gasteiger partial charge in [-0.15, -0.1) is 0 Å². The quantitative estimate of drug-likeness (QED) is 0.575. The SMILES string of the molecule is CCCCN(C(=O)c1cccc(S(=O)(=O)N(C)C)c1)c1c(N)n(CC(C)C)c(=O)[nH]c1=O. The summed E-state index contributed by atoms with van der Waals surface area (Å²) in [7, 11) is -0.961. The average molecular weight is 466 g/mol. The third kappa shape index (κ3) is 5.28. The Kier molecular flexibility index (Phi) is 8.02. The number of carbonyl (C=O) groups excluding carboxylic acids is 1. The molecule has 0 unspecified atom stereocenters. The Balaban J connectivity index is 2.65. The van der Waals surface area contributed by atoms with Crippen LogP contribution in [0.25, 0.3) is 0 Å². The van der Waals surface area contributed by atoms with E-state index in [1.807, 2.05) is 20.8 Å². The number of nitrogens with zero attached hydrogens (tertiary/aromatic N) is 3. The van der Waals surface area contributed by atoms with Crippen LogP contribution in [0.5, 0.6) is 0 Å². The molecule has 2 aromatic rings. The maximum absolute atomic E-state index is 13.4. The number of nitrogen functional groups attached to an aromatic ring is 1. The summed E-state index contributed by atoms with van der Waals surface area (Å²) in [5, 5.41) is 0. The van der Waals surface area contributed by atoms with Crippen LogP contribution in [-0.2, 0) is 16.6 Å². The molecule has 32 heavy (non-hydrogen) atoms. The van der Waals surface area contributed by atoms with E-state index in [-0.39, 0.29) is 41.0 Å². The van der Waals surface area contributed by atoms with Crippen molar-refractivity contribution < 1.29 is 13.2 Å². The number of nitrogens with one attached hydrogen (secondary N) is 1. The van der Waals surface area contributed by atoms with E-state index in [2.05, 4.69) is 4.98 Å². The number of rotatable bonds is 9. The van der Waals surface area contributed by atoms with Crippen LogP contribution < -0.4 is 21.9 Å². The van der Waals surface area contributed by atoms with E-state index in [9.17, 15) is 22.8 Å². The number of amides is 1. The van der Waals surface area contributed by atoms with Crippen molar-refractivity contribution in [3.05, 3.63) is 50.7 Å². The lowest BCUT2D eigenvalue weighted by Crippen LogP contribution is -2.42. The largest absolute Gasteiger partial charge is 0.383 e. The third-order valence-corrected chi connectivity index (χ3v) is 6.68. The Morgan fingerprint density at radius 1 is 1.22 bits per heavy atom. The van der Waals surface area contributed by atoms with Gasteiger partial charge in [0.1, 0.15) is 5.82 Å². The lowest BCUT2D eigenvalue weighted by molar-refractivity contribution is 0.0986. The summed E-state index contributed by atoms with van der Waals surface area (Å²) in [6.45, 7) is 6.16. The maximum Gasteiger partial charge on any atom is 0.330 e. The van der Waals surface area contributed by atoms with Crippen LogP contribution in [0.3, 0.4) is 0 Å². The fourth-order valence-corrected chi connectivity index (χ4v) is 4.12. The molecule has 0 atom stereocenters. The summed E-state index contributed by atoms with van der Waals surface area (Å²) < 4.78 is 27.3. The number of nitrogens with two attached hydrogens (primary N) is 1. The van der Waals surface area contributed by atoms with Crippen molar-refractivity contribution in [2.24, 2.45) is 5.92 Å². The molecule has 2 rings (SSSR count). The normalized spacial score (nSPS) is 11.8. The molecule has 3 N–H and O–H groups in total. The van der Waals surface area contributed by atoms with E-state index in [1.54, 1.807) is 0 Å². The Morgan fingerprint density at radius 3 is 2.44 bits per heavy atom. The highest BCUT2D eigenvalue weighted by Gasteiger charge is 2.26. The Morgan fingerprint density at radius 2 is 1.88 bits per heavy atom. The number of H-pyrrole nitrogens is 1. The molecule has 0 bridgehead atoms. The molecular weight excluding hydrogens is 434 g/mol. The van der Waals surface area contributed by atoms with Crippen LogP contribution in [0.15, 0.2) is 38.8 Å². The van der Waals surface area contributed by atoms with Gasteiger partial charge in [0.25, 0.3) is 11.5 Å². The Hall–Kier alpha value is -2.92. The molecule has 1 amide bonds. The number of benzene rings is 1. The summed E-state index contributed by atoms with van der Waals surface area (Å²) >= 11 is 0. The van der Waals surface area contributed by atoms with Crippen LogP contribution in [0.1, 0.15) is 44.0 Å². The zero-order chi connectivity index (χ0) is 24.2. The maximum atomic E-state index is 13.4. The van der Waals surface area contributed by atoms with Gasteiger partial charge in [-0.2, -0.15) is 0 Å². The highest BCUT2D eigenvalue weighted by atomic mass is 32.2. The number of anilines is 2. The molecule has 0 aliphatic heterocycles. The molecule has 1 aromatic carbocycles. The van der Waals surface area contributed by atoms with E-state index in [1.165, 1.54) is 47.8 Å². The van der Waals surface area contributed by atoms with Crippen LogP contribution in [0, 0.1) is 5.92 Å². The first-order valence-corrected chi connectivity index (χ1v) is 11.8. The third-order valence-electron chi connectivity index (χ3n) is 4.87. The fraction of sp³-hybridized carbons (Fsp3) is 0.476. The molecule has 176 valence electrons. The van der Waals surface area contributed by atoms with E-state index >= 15 is 0 Å². The second kappa shape index (κ2) is 10.1. The second-order valence-corrected chi connectivity index (χ2v) is 10.3. The van der Waals surface area contributed by atoms with Gasteiger partial charge in [-0.25, -0.2) is 17.5 Å². The van der Waals surface area contributed by atoms with E-state index in [4.69, 9.17) is 5.73 Å². The topological polar surface area (TPSA) is 139 Å². The zero-order valence-corrected chi connectivity index (χ0v) is 19.9. The van der Waals surface area contributed by atoms with Crippen molar-refractivity contribution in [1.82, 2.24) is 13.9 Å². The molecule has 0 aliphatic rings. The number of hydrogen-bond donors (Lipinski definition) is 2. The predicted octanol–water partition coefficient (Wildman–Crippen LogP) is 1.47.